The molecule has 0 unspecified atom stereocenters. The predicted molar refractivity (Wildman–Crippen MR) is 83.7 cm³/mol. The molecule has 100 valence electrons. The average molecular weight is 330 g/mol. The van der Waals surface area contributed by atoms with Gasteiger partial charge in [0.15, 0.2) is 0 Å². The Morgan fingerprint density at radius 3 is 2.80 bits per heavy atom. The number of halogens is 1. The number of para-hydroxylation sites is 1. The molecule has 2 aromatic carbocycles. The van der Waals surface area contributed by atoms with E-state index in [2.05, 4.69) is 21.0 Å². The molecule has 0 amide bonds. The quantitative estimate of drug-likeness (QED) is 0.735. The molecule has 0 radical (unpaired) electrons. The number of nitrogen functional groups attached to an aromatic ring is 1. The third-order valence-corrected chi connectivity index (χ3v) is 3.88. The zero-order chi connectivity index (χ0) is 14.1. The largest absolute Gasteiger partial charge is 0.398 e. The van der Waals surface area contributed by atoms with Crippen molar-refractivity contribution in [2.45, 2.75) is 6.54 Å². The molecule has 0 aliphatic rings. The van der Waals surface area contributed by atoms with Crippen molar-refractivity contribution in [3.8, 4) is 0 Å². The molecule has 1 aromatic heterocycles. The Morgan fingerprint density at radius 2 is 2.00 bits per heavy atom. The number of rotatable bonds is 2. The number of anilines is 1. The zero-order valence-electron chi connectivity index (χ0n) is 10.6. The topological polar surface area (TPSA) is 60.9 Å². The first-order chi connectivity index (χ1) is 9.65. The fraction of sp³-hybridized carbons (Fsp3) is 0.0667. The summed E-state index contributed by atoms with van der Waals surface area (Å²) in [5, 5.41) is 4.88. The van der Waals surface area contributed by atoms with Crippen LogP contribution in [0, 0.1) is 0 Å². The molecule has 0 aliphatic heterocycles. The number of fused-ring (bicyclic) bond motifs is 1. The van der Waals surface area contributed by atoms with Crippen molar-refractivity contribution in [1.82, 2.24) is 9.78 Å². The molecule has 0 atom stereocenters. The molecule has 4 nitrogen and oxygen atoms in total. The summed E-state index contributed by atoms with van der Waals surface area (Å²) in [4.78, 5) is 11.8. The van der Waals surface area contributed by atoms with E-state index in [0.717, 1.165) is 15.6 Å². The van der Waals surface area contributed by atoms with E-state index < -0.39 is 0 Å². The lowest BCUT2D eigenvalue weighted by atomic mass is 10.2. The number of benzene rings is 2. The maximum absolute atomic E-state index is 11.8. The highest BCUT2D eigenvalue weighted by atomic mass is 79.9. The fourth-order valence-corrected chi connectivity index (χ4v) is 2.40. The zero-order valence-corrected chi connectivity index (χ0v) is 12.2. The second kappa shape index (κ2) is 5.09. The van der Waals surface area contributed by atoms with Gasteiger partial charge in [-0.25, -0.2) is 0 Å². The molecular weight excluding hydrogens is 318 g/mol. The van der Waals surface area contributed by atoms with Crippen LogP contribution in [0.1, 0.15) is 5.56 Å². The number of hydrogen-bond acceptors (Lipinski definition) is 3. The summed E-state index contributed by atoms with van der Waals surface area (Å²) in [5.74, 6) is 0. The fourth-order valence-electron chi connectivity index (χ4n) is 2.15. The second-order valence-corrected chi connectivity index (χ2v) is 5.39. The standard InChI is InChI=1S/C15H12BrN3O/c16-12-6-5-10(7-13(12)17)9-19-14-4-2-1-3-11(14)15(20)8-18-19/h1-8H,9,17H2. The van der Waals surface area contributed by atoms with Gasteiger partial charge >= 0.3 is 0 Å². The normalized spacial score (nSPS) is 10.8. The highest BCUT2D eigenvalue weighted by Gasteiger charge is 2.05. The van der Waals surface area contributed by atoms with Gasteiger partial charge in [0.2, 0.25) is 5.43 Å². The Labute approximate surface area is 124 Å². The second-order valence-electron chi connectivity index (χ2n) is 4.54. The van der Waals surface area contributed by atoms with Crippen molar-refractivity contribution in [3.05, 3.63) is 68.9 Å². The summed E-state index contributed by atoms with van der Waals surface area (Å²) in [6.07, 6.45) is 1.35. The molecule has 1 heterocycles. The maximum Gasteiger partial charge on any atom is 0.207 e. The highest BCUT2D eigenvalue weighted by Crippen LogP contribution is 2.21. The SMILES string of the molecule is Nc1cc(Cn2ncc(=O)c3ccccc32)ccc1Br. The number of hydrogen-bond donors (Lipinski definition) is 1. The first kappa shape index (κ1) is 12.9. The van der Waals surface area contributed by atoms with Crippen LogP contribution in [0.25, 0.3) is 10.9 Å². The lowest BCUT2D eigenvalue weighted by molar-refractivity contribution is 0.695. The summed E-state index contributed by atoms with van der Waals surface area (Å²) in [5.41, 5.74) is 8.36. The van der Waals surface area contributed by atoms with E-state index >= 15 is 0 Å². The van der Waals surface area contributed by atoms with Crippen LogP contribution < -0.4 is 11.2 Å². The smallest absolute Gasteiger partial charge is 0.207 e. The van der Waals surface area contributed by atoms with Crippen LogP contribution >= 0.6 is 15.9 Å². The molecule has 5 heteroatoms. The Kier molecular flexibility index (Phi) is 3.28. The summed E-state index contributed by atoms with van der Waals surface area (Å²) in [7, 11) is 0. The van der Waals surface area contributed by atoms with Gasteiger partial charge in [-0.2, -0.15) is 5.10 Å². The summed E-state index contributed by atoms with van der Waals surface area (Å²) < 4.78 is 2.68. The third kappa shape index (κ3) is 2.32. The minimum absolute atomic E-state index is 0.0628. The number of aromatic nitrogens is 2. The molecule has 0 saturated heterocycles. The lowest BCUT2D eigenvalue weighted by Gasteiger charge is -2.10. The Balaban J connectivity index is 2.09. The molecule has 0 bridgehead atoms. The van der Waals surface area contributed by atoms with Gasteiger partial charge in [0.05, 0.1) is 18.3 Å². The molecular formula is C15H12BrN3O. The maximum atomic E-state index is 11.8. The van der Waals surface area contributed by atoms with E-state index in [-0.39, 0.29) is 5.43 Å². The van der Waals surface area contributed by atoms with Gasteiger partial charge in [0.1, 0.15) is 0 Å². The van der Waals surface area contributed by atoms with Crippen molar-refractivity contribution < 1.29 is 0 Å². The van der Waals surface area contributed by atoms with Crippen LogP contribution in [0.3, 0.4) is 0 Å². The highest BCUT2D eigenvalue weighted by molar-refractivity contribution is 9.10. The van der Waals surface area contributed by atoms with E-state index in [1.807, 2.05) is 42.5 Å². The minimum atomic E-state index is -0.0628. The van der Waals surface area contributed by atoms with Crippen LogP contribution in [0.2, 0.25) is 0 Å². The van der Waals surface area contributed by atoms with Crippen LogP contribution in [-0.2, 0) is 6.54 Å². The third-order valence-electron chi connectivity index (χ3n) is 3.15. The van der Waals surface area contributed by atoms with Crippen LogP contribution in [0.15, 0.2) is 57.9 Å². The Hall–Kier alpha value is -2.14. The van der Waals surface area contributed by atoms with Crippen LogP contribution in [0.4, 0.5) is 5.69 Å². The lowest BCUT2D eigenvalue weighted by Crippen LogP contribution is -2.13. The molecule has 3 aromatic rings. The minimum Gasteiger partial charge on any atom is -0.398 e. The van der Waals surface area contributed by atoms with Crippen molar-refractivity contribution in [3.63, 3.8) is 0 Å². The van der Waals surface area contributed by atoms with E-state index in [1.165, 1.54) is 6.20 Å². The van der Waals surface area contributed by atoms with Crippen LogP contribution in [0.5, 0.6) is 0 Å². The molecule has 2 N–H and O–H groups in total. The molecule has 0 fully saturated rings. The molecule has 0 spiro atoms. The average Bonchev–Trinajstić information content (AvgIpc) is 2.46. The molecule has 20 heavy (non-hydrogen) atoms. The first-order valence-electron chi connectivity index (χ1n) is 6.14. The van der Waals surface area contributed by atoms with Gasteiger partial charge in [-0.05, 0) is 45.8 Å². The van der Waals surface area contributed by atoms with Gasteiger partial charge in [-0.3, -0.25) is 9.48 Å². The monoisotopic (exact) mass is 329 g/mol. The van der Waals surface area contributed by atoms with Crippen LogP contribution in [-0.4, -0.2) is 9.78 Å². The summed E-state index contributed by atoms with van der Waals surface area (Å²) in [6.45, 7) is 0.568. The van der Waals surface area contributed by atoms with E-state index in [1.54, 1.807) is 4.68 Å². The van der Waals surface area contributed by atoms with Gasteiger partial charge in [-0.15, -0.1) is 0 Å². The van der Waals surface area contributed by atoms with E-state index in [4.69, 9.17) is 5.73 Å². The number of nitrogens with two attached hydrogens (primary N) is 1. The first-order valence-corrected chi connectivity index (χ1v) is 6.93. The van der Waals surface area contributed by atoms with E-state index in [0.29, 0.717) is 17.6 Å². The molecule has 3 rings (SSSR count). The molecule has 0 saturated carbocycles. The van der Waals surface area contributed by atoms with Crippen molar-refractivity contribution in [2.75, 3.05) is 5.73 Å². The molecule has 0 aliphatic carbocycles. The van der Waals surface area contributed by atoms with Crippen molar-refractivity contribution >= 4 is 32.5 Å². The number of nitrogens with zero attached hydrogens (tertiary/aromatic N) is 2. The van der Waals surface area contributed by atoms with Crippen molar-refractivity contribution in [2.24, 2.45) is 0 Å². The van der Waals surface area contributed by atoms with Gasteiger partial charge < -0.3 is 5.73 Å². The Morgan fingerprint density at radius 1 is 1.20 bits per heavy atom. The van der Waals surface area contributed by atoms with Gasteiger partial charge in [0.25, 0.3) is 0 Å². The Bertz CT molecular complexity index is 842. The van der Waals surface area contributed by atoms with Crippen molar-refractivity contribution in [1.29, 1.82) is 0 Å². The summed E-state index contributed by atoms with van der Waals surface area (Å²) in [6, 6.07) is 13.3. The van der Waals surface area contributed by atoms with E-state index in [9.17, 15) is 4.79 Å². The van der Waals surface area contributed by atoms with Gasteiger partial charge in [-0.1, -0.05) is 18.2 Å². The van der Waals surface area contributed by atoms with Gasteiger partial charge in [0, 0.05) is 15.5 Å². The predicted octanol–water partition coefficient (Wildman–Crippen LogP) is 2.79. The summed E-state index contributed by atoms with van der Waals surface area (Å²) >= 11 is 3.38.